The van der Waals surface area contributed by atoms with Gasteiger partial charge in [0.05, 0.1) is 23.8 Å². The van der Waals surface area contributed by atoms with Crippen LogP contribution in [-0.4, -0.2) is 29.3 Å². The van der Waals surface area contributed by atoms with Crippen LogP contribution < -0.4 is 10.2 Å². The van der Waals surface area contributed by atoms with E-state index in [-0.39, 0.29) is 18.1 Å². The maximum atomic E-state index is 13.3. The van der Waals surface area contributed by atoms with E-state index >= 15 is 0 Å². The van der Waals surface area contributed by atoms with Crippen molar-refractivity contribution in [2.45, 2.75) is 38.4 Å². The highest BCUT2D eigenvalue weighted by atomic mass is 35.5. The molecule has 5 nitrogen and oxygen atoms in total. The predicted molar refractivity (Wildman–Crippen MR) is 122 cm³/mol. The molecule has 1 aliphatic rings. The standard InChI is InChI=1S/C24H24ClF3N4O/c1-15(16-8-9-21-17(11-16)5-4-10-31(21)2)23(33)29-14-20-13-22(24(26,27)28)30-32(20)19-7-3-6-18(25)12-19/h3,6-9,11-13,15H,4-5,10,14H2,1-2H3,(H,29,33). The normalized spacial score (nSPS) is 14.7. The third-order valence-electron chi connectivity index (χ3n) is 5.92. The molecule has 0 radical (unpaired) electrons. The number of carbonyl (C=O) groups excluding carboxylic acids is 1. The summed E-state index contributed by atoms with van der Waals surface area (Å²) < 4.78 is 41.1. The zero-order chi connectivity index (χ0) is 23.8. The van der Waals surface area contributed by atoms with Crippen LogP contribution in [0.4, 0.5) is 18.9 Å². The van der Waals surface area contributed by atoms with Crippen molar-refractivity contribution in [2.24, 2.45) is 0 Å². The van der Waals surface area contributed by atoms with Gasteiger partial charge in [0.25, 0.3) is 0 Å². The van der Waals surface area contributed by atoms with Crippen molar-refractivity contribution in [3.05, 3.63) is 76.1 Å². The van der Waals surface area contributed by atoms with Gasteiger partial charge in [-0.25, -0.2) is 4.68 Å². The van der Waals surface area contributed by atoms with Gasteiger partial charge in [0.2, 0.25) is 5.91 Å². The average molecular weight is 477 g/mol. The van der Waals surface area contributed by atoms with Crippen LogP contribution in [0.1, 0.15) is 41.8 Å². The fraction of sp³-hybridized carbons (Fsp3) is 0.333. The second-order valence-electron chi connectivity index (χ2n) is 8.26. The molecule has 3 aromatic rings. The molecule has 1 aliphatic heterocycles. The Bertz CT molecular complexity index is 1170. The number of benzene rings is 2. The second-order valence-corrected chi connectivity index (χ2v) is 8.70. The topological polar surface area (TPSA) is 50.2 Å². The lowest BCUT2D eigenvalue weighted by Gasteiger charge is -2.28. The van der Waals surface area contributed by atoms with E-state index in [0.29, 0.717) is 10.7 Å². The molecule has 1 unspecified atom stereocenters. The van der Waals surface area contributed by atoms with Gasteiger partial charge < -0.3 is 10.2 Å². The van der Waals surface area contributed by atoms with Crippen molar-refractivity contribution in [3.63, 3.8) is 0 Å². The first-order chi connectivity index (χ1) is 15.6. The average Bonchev–Trinajstić information content (AvgIpc) is 3.22. The summed E-state index contributed by atoms with van der Waals surface area (Å²) in [5.41, 5.74) is 2.81. The highest BCUT2D eigenvalue weighted by Gasteiger charge is 2.35. The van der Waals surface area contributed by atoms with Gasteiger partial charge in [-0.05, 0) is 61.2 Å². The Morgan fingerprint density at radius 3 is 2.73 bits per heavy atom. The summed E-state index contributed by atoms with van der Waals surface area (Å²) in [5.74, 6) is -0.723. The summed E-state index contributed by atoms with van der Waals surface area (Å²) >= 11 is 6.00. The second kappa shape index (κ2) is 9.09. The van der Waals surface area contributed by atoms with Crippen LogP contribution in [0.25, 0.3) is 5.69 Å². The largest absolute Gasteiger partial charge is 0.435 e. The summed E-state index contributed by atoms with van der Waals surface area (Å²) in [5, 5.41) is 6.84. The molecule has 0 spiro atoms. The van der Waals surface area contributed by atoms with Gasteiger partial charge in [0, 0.05) is 24.3 Å². The summed E-state index contributed by atoms with van der Waals surface area (Å²) in [6.07, 6.45) is -2.59. The Kier molecular flexibility index (Phi) is 6.38. The van der Waals surface area contributed by atoms with E-state index in [1.807, 2.05) is 25.2 Å². The predicted octanol–water partition coefficient (Wildman–Crippen LogP) is 5.35. The van der Waals surface area contributed by atoms with E-state index in [9.17, 15) is 18.0 Å². The Morgan fingerprint density at radius 2 is 2.00 bits per heavy atom. The summed E-state index contributed by atoms with van der Waals surface area (Å²) in [7, 11) is 2.05. The van der Waals surface area contributed by atoms with Crippen molar-refractivity contribution in [3.8, 4) is 5.69 Å². The number of amides is 1. The van der Waals surface area contributed by atoms with Crippen molar-refractivity contribution in [1.82, 2.24) is 15.1 Å². The first kappa shape index (κ1) is 23.2. The molecule has 0 saturated heterocycles. The number of nitrogens with zero attached hydrogens (tertiary/aromatic N) is 3. The first-order valence-electron chi connectivity index (χ1n) is 10.7. The molecule has 1 N–H and O–H groups in total. The molecule has 33 heavy (non-hydrogen) atoms. The number of anilines is 1. The van der Waals surface area contributed by atoms with E-state index in [0.717, 1.165) is 35.7 Å². The smallest absolute Gasteiger partial charge is 0.374 e. The number of fused-ring (bicyclic) bond motifs is 1. The van der Waals surface area contributed by atoms with E-state index in [2.05, 4.69) is 15.3 Å². The summed E-state index contributed by atoms with van der Waals surface area (Å²) in [6, 6.07) is 13.3. The van der Waals surface area contributed by atoms with Crippen molar-refractivity contribution in [1.29, 1.82) is 0 Å². The monoisotopic (exact) mass is 476 g/mol. The number of nitrogens with one attached hydrogen (secondary N) is 1. The van der Waals surface area contributed by atoms with Gasteiger partial charge in [-0.1, -0.05) is 29.8 Å². The molecule has 1 aromatic heterocycles. The number of rotatable bonds is 5. The van der Waals surface area contributed by atoms with E-state index in [1.54, 1.807) is 25.1 Å². The highest BCUT2D eigenvalue weighted by Crippen LogP contribution is 2.31. The lowest BCUT2D eigenvalue weighted by atomic mass is 9.93. The van der Waals surface area contributed by atoms with E-state index in [1.165, 1.54) is 17.3 Å². The maximum Gasteiger partial charge on any atom is 0.435 e. The molecule has 1 amide bonds. The van der Waals surface area contributed by atoms with Gasteiger partial charge >= 0.3 is 6.18 Å². The van der Waals surface area contributed by atoms with Gasteiger partial charge in [-0.15, -0.1) is 0 Å². The number of hydrogen-bond acceptors (Lipinski definition) is 3. The molecule has 0 saturated carbocycles. The minimum Gasteiger partial charge on any atom is -0.374 e. The van der Waals surface area contributed by atoms with Crippen molar-refractivity contribution in [2.75, 3.05) is 18.5 Å². The summed E-state index contributed by atoms with van der Waals surface area (Å²) in [4.78, 5) is 15.1. The van der Waals surface area contributed by atoms with Crippen LogP contribution in [0, 0.1) is 0 Å². The van der Waals surface area contributed by atoms with Crippen molar-refractivity contribution >= 4 is 23.2 Å². The SMILES string of the molecule is CC(C(=O)NCc1cc(C(F)(F)F)nn1-c1cccc(Cl)c1)c1ccc2c(c1)CCCN2C. The zero-order valence-electron chi connectivity index (χ0n) is 18.3. The fourth-order valence-corrected chi connectivity index (χ4v) is 4.26. The Balaban J connectivity index is 1.54. The number of aryl methyl sites for hydroxylation is 1. The summed E-state index contributed by atoms with van der Waals surface area (Å²) in [6.45, 7) is 2.69. The molecule has 2 heterocycles. The van der Waals surface area contributed by atoms with Gasteiger partial charge in [-0.3, -0.25) is 4.79 Å². The van der Waals surface area contributed by atoms with Gasteiger partial charge in [0.1, 0.15) is 0 Å². The van der Waals surface area contributed by atoms with E-state index in [4.69, 9.17) is 11.6 Å². The lowest BCUT2D eigenvalue weighted by Crippen LogP contribution is -2.29. The minimum absolute atomic E-state index is 0.105. The molecule has 0 aliphatic carbocycles. The van der Waals surface area contributed by atoms with Gasteiger partial charge in [0.15, 0.2) is 5.69 Å². The Morgan fingerprint density at radius 1 is 1.21 bits per heavy atom. The fourth-order valence-electron chi connectivity index (χ4n) is 4.07. The highest BCUT2D eigenvalue weighted by molar-refractivity contribution is 6.30. The zero-order valence-corrected chi connectivity index (χ0v) is 19.0. The van der Waals surface area contributed by atoms with Crippen molar-refractivity contribution < 1.29 is 18.0 Å². The van der Waals surface area contributed by atoms with Crippen LogP contribution in [0.15, 0.2) is 48.5 Å². The van der Waals surface area contributed by atoms with Gasteiger partial charge in [-0.2, -0.15) is 18.3 Å². The van der Waals surface area contributed by atoms with E-state index < -0.39 is 17.8 Å². The van der Waals surface area contributed by atoms with Crippen LogP contribution in [0.5, 0.6) is 0 Å². The number of carbonyl (C=O) groups is 1. The molecular weight excluding hydrogens is 453 g/mol. The van der Waals surface area contributed by atoms with Crippen LogP contribution in [0.3, 0.4) is 0 Å². The van der Waals surface area contributed by atoms with Crippen LogP contribution >= 0.6 is 11.6 Å². The third-order valence-corrected chi connectivity index (χ3v) is 6.15. The molecule has 4 rings (SSSR count). The number of alkyl halides is 3. The van der Waals surface area contributed by atoms with Crippen LogP contribution in [-0.2, 0) is 23.9 Å². The molecule has 9 heteroatoms. The Labute approximate surface area is 195 Å². The third kappa shape index (κ3) is 5.00. The molecule has 0 fully saturated rings. The molecule has 2 aromatic carbocycles. The number of halogens is 4. The first-order valence-corrected chi connectivity index (χ1v) is 11.0. The molecule has 0 bridgehead atoms. The molecule has 174 valence electrons. The minimum atomic E-state index is -4.60. The lowest BCUT2D eigenvalue weighted by molar-refractivity contribution is -0.141. The quantitative estimate of drug-likeness (QED) is 0.540. The van der Waals surface area contributed by atoms with Crippen LogP contribution in [0.2, 0.25) is 5.02 Å². The number of hydrogen-bond donors (Lipinski definition) is 1. The molecule has 1 atom stereocenters. The number of aromatic nitrogens is 2. The molecular formula is C24H24ClF3N4O. The Hall–Kier alpha value is -3.00. The maximum absolute atomic E-state index is 13.3.